The number of hydrogen-bond acceptors (Lipinski definition) is 8. The van der Waals surface area contributed by atoms with Crippen LogP contribution < -0.4 is 25.0 Å². The molecule has 4 heterocycles. The second-order valence-corrected chi connectivity index (χ2v) is 9.88. The number of amides is 1. The molecule has 1 amide bonds. The fourth-order valence-corrected chi connectivity index (χ4v) is 5.18. The zero-order valence-corrected chi connectivity index (χ0v) is 22.2. The van der Waals surface area contributed by atoms with Crippen molar-refractivity contribution in [1.82, 2.24) is 14.8 Å². The number of carbonyl (C=O) groups excluding carboxylic acids is 1. The molecular weight excluding hydrogens is 520 g/mol. The molecule has 0 spiro atoms. The van der Waals surface area contributed by atoms with Crippen molar-refractivity contribution in [1.29, 1.82) is 0 Å². The number of para-hydroxylation sites is 1. The molecule has 2 N–H and O–H groups in total. The lowest BCUT2D eigenvalue weighted by molar-refractivity contribution is -0.115. The third-order valence-corrected chi connectivity index (χ3v) is 7.22. The van der Waals surface area contributed by atoms with Crippen LogP contribution in [0.2, 0.25) is 0 Å². The number of aromatic nitrogens is 3. The summed E-state index contributed by atoms with van der Waals surface area (Å²) in [7, 11) is 0. The van der Waals surface area contributed by atoms with Gasteiger partial charge >= 0.3 is 0 Å². The van der Waals surface area contributed by atoms with Crippen LogP contribution in [0, 0.1) is 0 Å². The smallest absolute Gasteiger partial charge is 0.231 e. The van der Waals surface area contributed by atoms with E-state index in [9.17, 15) is 4.79 Å². The van der Waals surface area contributed by atoms with Crippen LogP contribution in [-0.2, 0) is 16.0 Å². The molecule has 2 aliphatic heterocycles. The van der Waals surface area contributed by atoms with Crippen LogP contribution in [0.1, 0.15) is 5.56 Å². The van der Waals surface area contributed by atoms with E-state index in [0.717, 1.165) is 48.5 Å². The van der Waals surface area contributed by atoms with Crippen LogP contribution in [0.3, 0.4) is 0 Å². The van der Waals surface area contributed by atoms with Crippen molar-refractivity contribution in [3.05, 3.63) is 90.6 Å². The number of anilines is 4. The van der Waals surface area contributed by atoms with E-state index in [4.69, 9.17) is 14.2 Å². The fraction of sp³-hybridized carbons (Fsp3) is 0.194. The minimum atomic E-state index is -0.128. The number of ether oxygens (including phenoxy) is 3. The molecule has 3 aromatic carbocycles. The molecule has 10 heteroatoms. The van der Waals surface area contributed by atoms with Crippen LogP contribution in [0.5, 0.6) is 11.5 Å². The normalized spacial score (nSPS) is 14.3. The Morgan fingerprint density at radius 1 is 0.854 bits per heavy atom. The number of hydrogen-bond donors (Lipinski definition) is 2. The Morgan fingerprint density at radius 2 is 1.66 bits per heavy atom. The third kappa shape index (κ3) is 5.24. The molecule has 41 heavy (non-hydrogen) atoms. The highest BCUT2D eigenvalue weighted by Gasteiger charge is 2.17. The van der Waals surface area contributed by atoms with Crippen molar-refractivity contribution < 1.29 is 19.0 Å². The van der Waals surface area contributed by atoms with Gasteiger partial charge in [-0.3, -0.25) is 9.36 Å². The van der Waals surface area contributed by atoms with E-state index in [0.29, 0.717) is 28.8 Å². The van der Waals surface area contributed by atoms with E-state index in [1.54, 1.807) is 18.2 Å². The lowest BCUT2D eigenvalue weighted by atomic mass is 10.1. The Kier molecular flexibility index (Phi) is 6.58. The molecule has 2 aliphatic rings. The molecule has 7 rings (SSSR count). The molecule has 2 aromatic heterocycles. The summed E-state index contributed by atoms with van der Waals surface area (Å²) in [5.74, 6) is 2.48. The minimum Gasteiger partial charge on any atom is -0.454 e. The largest absolute Gasteiger partial charge is 0.454 e. The Hall–Kier alpha value is -5.09. The number of morpholine rings is 1. The number of carbonyl (C=O) groups is 1. The molecule has 0 aliphatic carbocycles. The molecule has 0 atom stereocenters. The van der Waals surface area contributed by atoms with E-state index >= 15 is 0 Å². The molecule has 0 unspecified atom stereocenters. The molecule has 10 nitrogen and oxygen atoms in total. The second kappa shape index (κ2) is 10.8. The summed E-state index contributed by atoms with van der Waals surface area (Å²) in [5, 5.41) is 16.2. The van der Waals surface area contributed by atoms with Crippen molar-refractivity contribution in [2.24, 2.45) is 0 Å². The molecule has 0 bridgehead atoms. The average Bonchev–Trinajstić information content (AvgIpc) is 3.63. The first-order valence-corrected chi connectivity index (χ1v) is 13.5. The Morgan fingerprint density at radius 3 is 2.49 bits per heavy atom. The highest BCUT2D eigenvalue weighted by molar-refractivity contribution is 5.96. The number of rotatable bonds is 7. The summed E-state index contributed by atoms with van der Waals surface area (Å²) >= 11 is 0. The molecule has 0 radical (unpaired) electrons. The molecule has 5 aromatic rings. The van der Waals surface area contributed by atoms with Crippen LogP contribution in [0.15, 0.2) is 85.1 Å². The van der Waals surface area contributed by atoms with Crippen LogP contribution in [-0.4, -0.2) is 53.8 Å². The van der Waals surface area contributed by atoms with Gasteiger partial charge in [0.25, 0.3) is 0 Å². The SMILES string of the molecule is O=C(Cc1cn(-c2ccc(Nc3ccc(N4CCOCC4)cc3)nn2)c2ccccc12)Nc1ccc2c(c1)OCO2. The Balaban J connectivity index is 1.06. The van der Waals surface area contributed by atoms with Crippen LogP contribution in [0.25, 0.3) is 16.7 Å². The van der Waals surface area contributed by atoms with Gasteiger partial charge in [0.05, 0.1) is 25.2 Å². The van der Waals surface area contributed by atoms with Gasteiger partial charge in [-0.2, -0.15) is 0 Å². The number of benzene rings is 3. The summed E-state index contributed by atoms with van der Waals surface area (Å²) in [4.78, 5) is 15.3. The van der Waals surface area contributed by atoms with Crippen molar-refractivity contribution in [2.75, 3.05) is 48.6 Å². The summed E-state index contributed by atoms with van der Waals surface area (Å²) in [6.07, 6.45) is 2.15. The molecule has 206 valence electrons. The van der Waals surface area contributed by atoms with Gasteiger partial charge < -0.3 is 29.7 Å². The minimum absolute atomic E-state index is 0.128. The standard InChI is InChI=1S/C31H28N6O4/c38-31(33-23-7-10-27-28(18-23)41-20-40-27)17-21-19-37(26-4-2-1-3-25(21)26)30-12-11-29(34-35-30)32-22-5-8-24(9-6-22)36-13-15-39-16-14-36/h1-12,18-19H,13-17,20H2,(H,32,34)(H,33,38). The zero-order valence-electron chi connectivity index (χ0n) is 22.2. The maximum Gasteiger partial charge on any atom is 0.231 e. The predicted octanol–water partition coefficient (Wildman–Crippen LogP) is 4.91. The van der Waals surface area contributed by atoms with Crippen molar-refractivity contribution in [3.63, 3.8) is 0 Å². The lowest BCUT2D eigenvalue weighted by Gasteiger charge is -2.28. The Labute approximate surface area is 236 Å². The van der Waals surface area contributed by atoms with Gasteiger partial charge in [-0.25, -0.2) is 0 Å². The van der Waals surface area contributed by atoms with E-state index in [-0.39, 0.29) is 19.1 Å². The molecule has 1 saturated heterocycles. The number of nitrogens with one attached hydrogen (secondary N) is 2. The lowest BCUT2D eigenvalue weighted by Crippen LogP contribution is -2.36. The van der Waals surface area contributed by atoms with Gasteiger partial charge in [0.2, 0.25) is 12.7 Å². The first kappa shape index (κ1) is 24.9. The van der Waals surface area contributed by atoms with Gasteiger partial charge in [-0.15, -0.1) is 10.2 Å². The average molecular weight is 549 g/mol. The maximum absolute atomic E-state index is 13.0. The topological polar surface area (TPSA) is 103 Å². The van der Waals surface area contributed by atoms with Crippen molar-refractivity contribution in [2.45, 2.75) is 6.42 Å². The van der Waals surface area contributed by atoms with E-state index in [1.807, 2.05) is 59.3 Å². The molecule has 1 fully saturated rings. The van der Waals surface area contributed by atoms with Crippen LogP contribution in [0.4, 0.5) is 22.9 Å². The summed E-state index contributed by atoms with van der Waals surface area (Å²) in [6, 6.07) is 25.4. The van der Waals surface area contributed by atoms with Gasteiger partial charge in [-0.05, 0) is 60.2 Å². The summed E-state index contributed by atoms with van der Waals surface area (Å²) in [6.45, 7) is 3.51. The number of nitrogens with zero attached hydrogens (tertiary/aromatic N) is 4. The Bertz CT molecular complexity index is 1690. The van der Waals surface area contributed by atoms with Gasteiger partial charge in [0.15, 0.2) is 23.1 Å². The zero-order chi connectivity index (χ0) is 27.6. The van der Waals surface area contributed by atoms with Gasteiger partial charge in [-0.1, -0.05) is 18.2 Å². The van der Waals surface area contributed by atoms with Gasteiger partial charge in [0, 0.05) is 47.8 Å². The number of fused-ring (bicyclic) bond motifs is 2. The van der Waals surface area contributed by atoms with E-state index < -0.39 is 0 Å². The highest BCUT2D eigenvalue weighted by Crippen LogP contribution is 2.34. The second-order valence-electron chi connectivity index (χ2n) is 9.88. The predicted molar refractivity (Wildman–Crippen MR) is 157 cm³/mol. The fourth-order valence-electron chi connectivity index (χ4n) is 5.18. The molecular formula is C31H28N6O4. The van der Waals surface area contributed by atoms with E-state index in [2.05, 4.69) is 37.9 Å². The van der Waals surface area contributed by atoms with Crippen LogP contribution >= 0.6 is 0 Å². The quantitative estimate of drug-likeness (QED) is 0.296. The van der Waals surface area contributed by atoms with Crippen molar-refractivity contribution >= 4 is 39.7 Å². The first-order valence-electron chi connectivity index (χ1n) is 13.5. The first-order chi connectivity index (χ1) is 20.2. The van der Waals surface area contributed by atoms with Gasteiger partial charge in [0.1, 0.15) is 0 Å². The third-order valence-electron chi connectivity index (χ3n) is 7.22. The highest BCUT2D eigenvalue weighted by atomic mass is 16.7. The van der Waals surface area contributed by atoms with E-state index in [1.165, 1.54) is 5.69 Å². The van der Waals surface area contributed by atoms with Crippen molar-refractivity contribution in [3.8, 4) is 17.3 Å². The summed E-state index contributed by atoms with van der Waals surface area (Å²) < 4.78 is 18.2. The monoisotopic (exact) mass is 548 g/mol. The summed E-state index contributed by atoms with van der Waals surface area (Å²) in [5.41, 5.74) is 4.62. The maximum atomic E-state index is 13.0. The molecule has 0 saturated carbocycles.